The van der Waals surface area contributed by atoms with Crippen molar-refractivity contribution in [2.75, 3.05) is 0 Å². The molecule has 4 aromatic rings. The normalized spacial score (nSPS) is 10.8. The SMILES string of the molecule is [C-]#[N+]c1ccc(-n2nc(C)c(-c3ccc(CNC(=O)c4sccc4C)c(F)c3)c2C)cc1F. The van der Waals surface area contributed by atoms with Crippen LogP contribution in [-0.2, 0) is 6.54 Å². The van der Waals surface area contributed by atoms with Crippen molar-refractivity contribution in [1.82, 2.24) is 15.1 Å². The lowest BCUT2D eigenvalue weighted by molar-refractivity contribution is 0.0954. The maximum atomic E-state index is 14.9. The number of hydrogen-bond acceptors (Lipinski definition) is 3. The van der Waals surface area contributed by atoms with Crippen LogP contribution in [0.3, 0.4) is 0 Å². The zero-order chi connectivity index (χ0) is 23.7. The minimum Gasteiger partial charge on any atom is -0.347 e. The molecular formula is C25H20F2N4OS. The Labute approximate surface area is 194 Å². The highest BCUT2D eigenvalue weighted by Crippen LogP contribution is 2.31. The van der Waals surface area contributed by atoms with Crippen LogP contribution >= 0.6 is 11.3 Å². The van der Waals surface area contributed by atoms with E-state index >= 15 is 0 Å². The number of amides is 1. The Hall–Kier alpha value is -3.83. The molecule has 0 fully saturated rings. The van der Waals surface area contributed by atoms with Crippen LogP contribution in [-0.4, -0.2) is 15.7 Å². The van der Waals surface area contributed by atoms with Crippen LogP contribution in [0.15, 0.2) is 47.8 Å². The maximum Gasteiger partial charge on any atom is 0.261 e. The van der Waals surface area contributed by atoms with E-state index in [1.54, 1.807) is 29.8 Å². The lowest BCUT2D eigenvalue weighted by Crippen LogP contribution is -2.23. The number of nitrogens with one attached hydrogen (secondary N) is 1. The van der Waals surface area contributed by atoms with Gasteiger partial charge in [-0.25, -0.2) is 18.3 Å². The number of nitrogens with zero attached hydrogens (tertiary/aromatic N) is 3. The molecule has 4 rings (SSSR count). The topological polar surface area (TPSA) is 51.3 Å². The van der Waals surface area contributed by atoms with E-state index in [1.165, 1.54) is 29.5 Å². The van der Waals surface area contributed by atoms with E-state index in [0.717, 1.165) is 16.8 Å². The zero-order valence-electron chi connectivity index (χ0n) is 18.2. The Morgan fingerprint density at radius 3 is 2.55 bits per heavy atom. The molecule has 0 saturated carbocycles. The molecule has 2 aromatic heterocycles. The number of thiophene rings is 1. The van der Waals surface area contributed by atoms with Crippen LogP contribution in [0, 0.1) is 39.0 Å². The number of carbonyl (C=O) groups excluding carboxylic acids is 1. The Morgan fingerprint density at radius 1 is 1.12 bits per heavy atom. The van der Waals surface area contributed by atoms with E-state index in [1.807, 2.05) is 25.3 Å². The predicted octanol–water partition coefficient (Wildman–Crippen LogP) is 6.29. The lowest BCUT2D eigenvalue weighted by Gasteiger charge is -2.09. The molecular weight excluding hydrogens is 442 g/mol. The number of halogens is 2. The van der Waals surface area contributed by atoms with E-state index in [4.69, 9.17) is 6.57 Å². The van der Waals surface area contributed by atoms with Crippen molar-refractivity contribution < 1.29 is 13.6 Å². The first-order valence-electron chi connectivity index (χ1n) is 10.1. The van der Waals surface area contributed by atoms with Crippen molar-refractivity contribution in [2.45, 2.75) is 27.3 Å². The third-order valence-corrected chi connectivity index (χ3v) is 6.45. The summed E-state index contributed by atoms with van der Waals surface area (Å²) in [6.07, 6.45) is 0. The van der Waals surface area contributed by atoms with Gasteiger partial charge >= 0.3 is 0 Å². The summed E-state index contributed by atoms with van der Waals surface area (Å²) in [5.41, 5.74) is 4.45. The highest BCUT2D eigenvalue weighted by Gasteiger charge is 2.18. The quantitative estimate of drug-likeness (QED) is 0.355. The monoisotopic (exact) mass is 462 g/mol. The van der Waals surface area contributed by atoms with E-state index in [-0.39, 0.29) is 18.1 Å². The first-order valence-corrected chi connectivity index (χ1v) is 11.0. The summed E-state index contributed by atoms with van der Waals surface area (Å²) >= 11 is 1.35. The summed E-state index contributed by atoms with van der Waals surface area (Å²) in [4.78, 5) is 16.1. The van der Waals surface area contributed by atoms with Gasteiger partial charge in [0.25, 0.3) is 5.91 Å². The average molecular weight is 463 g/mol. The van der Waals surface area contributed by atoms with E-state index in [0.29, 0.717) is 27.4 Å². The number of benzene rings is 2. The molecule has 1 amide bonds. The molecule has 0 saturated heterocycles. The molecule has 8 heteroatoms. The number of rotatable bonds is 5. The third kappa shape index (κ3) is 4.28. The molecule has 5 nitrogen and oxygen atoms in total. The minimum atomic E-state index is -0.619. The first kappa shape index (κ1) is 22.4. The van der Waals surface area contributed by atoms with Gasteiger partial charge in [0.15, 0.2) is 0 Å². The van der Waals surface area contributed by atoms with Crippen LogP contribution in [0.4, 0.5) is 14.5 Å². The Morgan fingerprint density at radius 2 is 1.91 bits per heavy atom. The van der Waals surface area contributed by atoms with Gasteiger partial charge < -0.3 is 5.32 Å². The molecule has 0 spiro atoms. The molecule has 0 aliphatic rings. The fourth-order valence-electron chi connectivity index (χ4n) is 3.74. The second-order valence-electron chi connectivity index (χ2n) is 7.63. The van der Waals surface area contributed by atoms with Crippen LogP contribution in [0.25, 0.3) is 21.7 Å². The van der Waals surface area contributed by atoms with Crippen LogP contribution in [0.5, 0.6) is 0 Å². The average Bonchev–Trinajstić information content (AvgIpc) is 3.35. The van der Waals surface area contributed by atoms with Crippen molar-refractivity contribution in [2.24, 2.45) is 0 Å². The number of hydrogen-bond donors (Lipinski definition) is 1. The van der Waals surface area contributed by atoms with E-state index in [9.17, 15) is 13.6 Å². The van der Waals surface area contributed by atoms with Gasteiger partial charge in [0.1, 0.15) is 11.6 Å². The fraction of sp³-hybridized carbons (Fsp3) is 0.160. The molecule has 1 N–H and O–H groups in total. The maximum absolute atomic E-state index is 14.9. The van der Waals surface area contributed by atoms with Gasteiger partial charge in [-0.1, -0.05) is 18.2 Å². The molecule has 166 valence electrons. The second-order valence-corrected chi connectivity index (χ2v) is 8.54. The van der Waals surface area contributed by atoms with Gasteiger partial charge in [-0.3, -0.25) is 4.79 Å². The second kappa shape index (κ2) is 8.96. The standard InChI is InChI=1S/C25H20F2N4OS/c1-14-9-10-33-24(14)25(32)29-13-18-6-5-17(11-20(18)26)23-15(2)30-31(16(23)3)19-7-8-22(28-4)21(27)12-19/h5-12H,13H2,1-3H3,(H,29,32). The highest BCUT2D eigenvalue weighted by atomic mass is 32.1. The van der Waals surface area contributed by atoms with Crippen LogP contribution in [0.2, 0.25) is 0 Å². The largest absolute Gasteiger partial charge is 0.347 e. The van der Waals surface area contributed by atoms with Crippen LogP contribution in [0.1, 0.15) is 32.2 Å². The van der Waals surface area contributed by atoms with Crippen molar-refractivity contribution in [3.63, 3.8) is 0 Å². The molecule has 0 bridgehead atoms. The summed E-state index contributed by atoms with van der Waals surface area (Å²) in [7, 11) is 0. The van der Waals surface area contributed by atoms with Crippen molar-refractivity contribution in [1.29, 1.82) is 0 Å². The lowest BCUT2D eigenvalue weighted by atomic mass is 10.0. The number of aryl methyl sites for hydroxylation is 2. The molecule has 0 aliphatic heterocycles. The van der Waals surface area contributed by atoms with E-state index < -0.39 is 11.6 Å². The Balaban J connectivity index is 1.59. The fourth-order valence-corrected chi connectivity index (χ4v) is 4.58. The van der Waals surface area contributed by atoms with Crippen molar-refractivity contribution >= 4 is 22.9 Å². The van der Waals surface area contributed by atoms with E-state index in [2.05, 4.69) is 15.3 Å². The molecule has 2 heterocycles. The molecule has 0 atom stereocenters. The smallest absolute Gasteiger partial charge is 0.261 e. The minimum absolute atomic E-state index is 0.0560. The summed E-state index contributed by atoms with van der Waals surface area (Å²) in [6, 6.07) is 11.0. The van der Waals surface area contributed by atoms with Crippen molar-refractivity contribution in [3.8, 4) is 16.8 Å². The molecule has 0 aliphatic carbocycles. The summed E-state index contributed by atoms with van der Waals surface area (Å²) in [6.45, 7) is 12.6. The van der Waals surface area contributed by atoms with Crippen LogP contribution < -0.4 is 5.32 Å². The molecule has 0 radical (unpaired) electrons. The van der Waals surface area contributed by atoms with Gasteiger partial charge in [-0.15, -0.1) is 11.3 Å². The summed E-state index contributed by atoms with van der Waals surface area (Å²) in [5.74, 6) is -1.28. The van der Waals surface area contributed by atoms with Gasteiger partial charge in [0.2, 0.25) is 5.69 Å². The van der Waals surface area contributed by atoms with Crippen molar-refractivity contribution in [3.05, 3.63) is 98.3 Å². The van der Waals surface area contributed by atoms with Gasteiger partial charge in [0, 0.05) is 23.4 Å². The Bertz CT molecular complexity index is 1410. The number of carbonyl (C=O) groups is 1. The molecule has 0 unspecified atom stereocenters. The predicted molar refractivity (Wildman–Crippen MR) is 125 cm³/mol. The summed E-state index contributed by atoms with van der Waals surface area (Å²) < 4.78 is 30.6. The zero-order valence-corrected chi connectivity index (χ0v) is 19.1. The Kier molecular flexibility index (Phi) is 6.07. The first-order chi connectivity index (χ1) is 15.8. The molecule has 33 heavy (non-hydrogen) atoms. The van der Waals surface area contributed by atoms with Gasteiger partial charge in [-0.05, 0) is 61.5 Å². The van der Waals surface area contributed by atoms with Gasteiger partial charge in [0.05, 0.1) is 22.8 Å². The van der Waals surface area contributed by atoms with Gasteiger partial charge in [-0.2, -0.15) is 5.10 Å². The summed E-state index contributed by atoms with van der Waals surface area (Å²) in [5, 5.41) is 9.10. The third-order valence-electron chi connectivity index (χ3n) is 5.44. The number of aromatic nitrogens is 2. The highest BCUT2D eigenvalue weighted by molar-refractivity contribution is 7.12. The molecule has 2 aromatic carbocycles.